The van der Waals surface area contributed by atoms with E-state index in [9.17, 15) is 14.4 Å². The molecule has 2 aromatic rings. The van der Waals surface area contributed by atoms with Gasteiger partial charge in [0.25, 0.3) is 5.91 Å². The molecule has 0 bridgehead atoms. The average Bonchev–Trinajstić information content (AvgIpc) is 2.80. The Morgan fingerprint density at radius 1 is 1.09 bits per heavy atom. The maximum Gasteiger partial charge on any atom is 0.347 e. The van der Waals surface area contributed by atoms with Gasteiger partial charge in [-0.25, -0.2) is 9.59 Å². The largest absolute Gasteiger partial charge is 0.493 e. The van der Waals surface area contributed by atoms with E-state index in [4.69, 9.17) is 14.2 Å². The fourth-order valence-corrected chi connectivity index (χ4v) is 3.54. The number of hydrogen-bond acceptors (Lipinski definition) is 6. The molecule has 0 radical (unpaired) electrons. The van der Waals surface area contributed by atoms with Crippen LogP contribution in [0.4, 0.5) is 10.5 Å². The van der Waals surface area contributed by atoms with E-state index in [1.54, 1.807) is 39.0 Å². The van der Waals surface area contributed by atoms with Gasteiger partial charge in [-0.2, -0.15) is 0 Å². The molecule has 0 fully saturated rings. The summed E-state index contributed by atoms with van der Waals surface area (Å²) in [6.45, 7) is 7.18. The number of carbonyl (C=O) groups is 3. The molecule has 9 heteroatoms. The van der Waals surface area contributed by atoms with Crippen LogP contribution in [0, 0.1) is 6.92 Å². The standard InChI is InChI=1S/C25H29N3O6/c1-6-33-24(30)16(4)34-19-12-9-17(13-20(19)32-5)22-21(15(3)26-25(31)28-22)23(29)27-18-10-7-14(2)8-11-18/h7-13,16,22H,6H2,1-5H3,(H,27,29)(H2,26,28,31)/t16-,22+/m1/s1. The van der Waals surface area contributed by atoms with Gasteiger partial charge in [0, 0.05) is 11.4 Å². The first kappa shape index (κ1) is 24.6. The zero-order chi connectivity index (χ0) is 24.8. The summed E-state index contributed by atoms with van der Waals surface area (Å²) in [7, 11) is 1.47. The van der Waals surface area contributed by atoms with Crippen LogP contribution >= 0.6 is 0 Å². The zero-order valence-corrected chi connectivity index (χ0v) is 19.9. The molecule has 2 aromatic carbocycles. The van der Waals surface area contributed by atoms with Gasteiger partial charge in [-0.1, -0.05) is 23.8 Å². The Hall–Kier alpha value is -4.01. The van der Waals surface area contributed by atoms with Gasteiger partial charge in [0.15, 0.2) is 17.6 Å². The first-order valence-corrected chi connectivity index (χ1v) is 10.9. The number of ether oxygens (including phenoxy) is 3. The lowest BCUT2D eigenvalue weighted by atomic mass is 9.94. The molecule has 1 aliphatic rings. The van der Waals surface area contributed by atoms with Crippen molar-refractivity contribution in [2.45, 2.75) is 39.8 Å². The van der Waals surface area contributed by atoms with Gasteiger partial charge in [0.05, 0.1) is 25.3 Å². The molecule has 34 heavy (non-hydrogen) atoms. The predicted molar refractivity (Wildman–Crippen MR) is 127 cm³/mol. The Bertz CT molecular complexity index is 1110. The minimum absolute atomic E-state index is 0.247. The highest BCUT2D eigenvalue weighted by Gasteiger charge is 2.32. The molecule has 180 valence electrons. The molecule has 0 saturated carbocycles. The Balaban J connectivity index is 1.90. The number of esters is 1. The van der Waals surface area contributed by atoms with E-state index in [-0.39, 0.29) is 12.5 Å². The summed E-state index contributed by atoms with van der Waals surface area (Å²) >= 11 is 0. The van der Waals surface area contributed by atoms with Crippen molar-refractivity contribution in [3.8, 4) is 11.5 Å². The summed E-state index contributed by atoms with van der Waals surface area (Å²) < 4.78 is 16.1. The summed E-state index contributed by atoms with van der Waals surface area (Å²) in [5, 5.41) is 8.33. The number of hydrogen-bond donors (Lipinski definition) is 3. The van der Waals surface area contributed by atoms with Gasteiger partial charge < -0.3 is 30.2 Å². The number of aryl methyl sites for hydroxylation is 1. The average molecular weight is 468 g/mol. The van der Waals surface area contributed by atoms with E-state index in [0.717, 1.165) is 5.56 Å². The molecule has 0 saturated heterocycles. The van der Waals surface area contributed by atoms with Crippen molar-refractivity contribution in [2.75, 3.05) is 19.0 Å². The molecule has 3 N–H and O–H groups in total. The van der Waals surface area contributed by atoms with E-state index in [1.807, 2.05) is 31.2 Å². The van der Waals surface area contributed by atoms with Crippen molar-refractivity contribution in [1.82, 2.24) is 10.6 Å². The quantitative estimate of drug-likeness (QED) is 0.511. The number of nitrogens with one attached hydrogen (secondary N) is 3. The highest BCUT2D eigenvalue weighted by molar-refractivity contribution is 6.06. The number of carbonyl (C=O) groups excluding carboxylic acids is 3. The molecule has 0 aromatic heterocycles. The number of benzene rings is 2. The Labute approximate surface area is 198 Å². The van der Waals surface area contributed by atoms with Crippen LogP contribution in [0.2, 0.25) is 0 Å². The van der Waals surface area contributed by atoms with Crippen molar-refractivity contribution in [3.63, 3.8) is 0 Å². The number of allylic oxidation sites excluding steroid dienone is 1. The number of methoxy groups -OCH3 is 1. The second kappa shape index (κ2) is 10.7. The minimum atomic E-state index is -0.837. The SMILES string of the molecule is CCOC(=O)[C@@H](C)Oc1ccc([C@@H]2NC(=O)NC(C)=C2C(=O)Nc2ccc(C)cc2)cc1OC. The molecular formula is C25H29N3O6. The summed E-state index contributed by atoms with van der Waals surface area (Å²) in [6.07, 6.45) is -0.837. The first-order valence-electron chi connectivity index (χ1n) is 10.9. The predicted octanol–water partition coefficient (Wildman–Crippen LogP) is 3.60. The lowest BCUT2D eigenvalue weighted by molar-refractivity contribution is -0.150. The fraction of sp³-hybridized carbons (Fsp3) is 0.320. The van der Waals surface area contributed by atoms with Crippen LogP contribution in [0.25, 0.3) is 0 Å². The molecule has 0 spiro atoms. The Morgan fingerprint density at radius 2 is 1.79 bits per heavy atom. The van der Waals surface area contributed by atoms with Crippen molar-refractivity contribution in [3.05, 3.63) is 64.9 Å². The lowest BCUT2D eigenvalue weighted by Gasteiger charge is -2.29. The molecule has 3 rings (SSSR count). The van der Waals surface area contributed by atoms with Crippen LogP contribution in [-0.2, 0) is 14.3 Å². The van der Waals surface area contributed by atoms with Crippen LogP contribution in [0.1, 0.15) is 37.9 Å². The van der Waals surface area contributed by atoms with Gasteiger partial charge in [0.1, 0.15) is 0 Å². The molecule has 9 nitrogen and oxygen atoms in total. The zero-order valence-electron chi connectivity index (χ0n) is 19.9. The molecular weight excluding hydrogens is 438 g/mol. The number of rotatable bonds is 8. The molecule has 3 amide bonds. The summed E-state index contributed by atoms with van der Waals surface area (Å²) in [5.41, 5.74) is 3.12. The summed E-state index contributed by atoms with van der Waals surface area (Å²) in [4.78, 5) is 37.3. The number of urea groups is 1. The van der Waals surface area contributed by atoms with E-state index in [0.29, 0.717) is 34.0 Å². The van der Waals surface area contributed by atoms with Crippen molar-refractivity contribution in [1.29, 1.82) is 0 Å². The molecule has 0 aliphatic carbocycles. The van der Waals surface area contributed by atoms with Gasteiger partial charge >= 0.3 is 12.0 Å². The topological polar surface area (TPSA) is 115 Å². The van der Waals surface area contributed by atoms with Crippen LogP contribution in [0.3, 0.4) is 0 Å². The smallest absolute Gasteiger partial charge is 0.347 e. The molecule has 1 aliphatic heterocycles. The van der Waals surface area contributed by atoms with E-state index >= 15 is 0 Å². The van der Waals surface area contributed by atoms with Gasteiger partial charge in [0.2, 0.25) is 0 Å². The van der Waals surface area contributed by atoms with Crippen molar-refractivity contribution in [2.24, 2.45) is 0 Å². The number of anilines is 1. The minimum Gasteiger partial charge on any atom is -0.493 e. The third kappa shape index (κ3) is 5.67. The molecule has 0 unspecified atom stereocenters. The van der Waals surface area contributed by atoms with Crippen LogP contribution in [-0.4, -0.2) is 37.7 Å². The second-order valence-corrected chi connectivity index (χ2v) is 7.81. The van der Waals surface area contributed by atoms with Crippen LogP contribution in [0.5, 0.6) is 11.5 Å². The van der Waals surface area contributed by atoms with Crippen molar-refractivity contribution < 1.29 is 28.6 Å². The first-order chi connectivity index (χ1) is 16.2. The van der Waals surface area contributed by atoms with Crippen molar-refractivity contribution >= 4 is 23.6 Å². The normalized spacial score (nSPS) is 16.1. The monoisotopic (exact) mass is 467 g/mol. The van der Waals surface area contributed by atoms with E-state index in [2.05, 4.69) is 16.0 Å². The van der Waals surface area contributed by atoms with Crippen LogP contribution in [0.15, 0.2) is 53.7 Å². The number of amides is 3. The maximum absolute atomic E-state index is 13.2. The summed E-state index contributed by atoms with van der Waals surface area (Å²) in [5.74, 6) is -0.169. The highest BCUT2D eigenvalue weighted by Crippen LogP contribution is 2.35. The second-order valence-electron chi connectivity index (χ2n) is 7.81. The lowest BCUT2D eigenvalue weighted by Crippen LogP contribution is -2.46. The Morgan fingerprint density at radius 3 is 2.44 bits per heavy atom. The molecule has 1 heterocycles. The van der Waals surface area contributed by atoms with Gasteiger partial charge in [-0.15, -0.1) is 0 Å². The van der Waals surface area contributed by atoms with Gasteiger partial charge in [-0.05, 0) is 57.5 Å². The van der Waals surface area contributed by atoms with E-state index in [1.165, 1.54) is 7.11 Å². The van der Waals surface area contributed by atoms with Gasteiger partial charge in [-0.3, -0.25) is 4.79 Å². The highest BCUT2D eigenvalue weighted by atomic mass is 16.6. The molecule has 2 atom stereocenters. The summed E-state index contributed by atoms with van der Waals surface area (Å²) in [6, 6.07) is 11.3. The maximum atomic E-state index is 13.2. The third-order valence-corrected chi connectivity index (χ3v) is 5.27. The third-order valence-electron chi connectivity index (χ3n) is 5.27. The van der Waals surface area contributed by atoms with Crippen LogP contribution < -0.4 is 25.4 Å². The Kier molecular flexibility index (Phi) is 7.78. The fourth-order valence-electron chi connectivity index (χ4n) is 3.54. The van der Waals surface area contributed by atoms with E-state index < -0.39 is 24.1 Å².